The number of hydrogen-bond acceptors (Lipinski definition) is 2. The van der Waals surface area contributed by atoms with Crippen LogP contribution >= 0.6 is 11.6 Å². The molecule has 0 atom stereocenters. The highest BCUT2D eigenvalue weighted by Gasteiger charge is 2.19. The van der Waals surface area contributed by atoms with E-state index in [0.717, 1.165) is 36.1 Å². The van der Waals surface area contributed by atoms with Crippen molar-refractivity contribution in [3.63, 3.8) is 0 Å². The fourth-order valence-corrected chi connectivity index (χ4v) is 5.50. The number of carbonyl (C=O) groups is 1. The molecule has 0 unspecified atom stereocenters. The summed E-state index contributed by atoms with van der Waals surface area (Å²) in [6.45, 7) is 10.7. The second-order valence-corrected chi connectivity index (χ2v) is 11.3. The molecule has 0 bridgehead atoms. The van der Waals surface area contributed by atoms with Crippen molar-refractivity contribution in [2.24, 2.45) is 0 Å². The molecule has 0 saturated heterocycles. The maximum Gasteiger partial charge on any atom is 0.330 e. The van der Waals surface area contributed by atoms with Gasteiger partial charge >= 0.3 is 5.97 Å². The van der Waals surface area contributed by atoms with Crippen LogP contribution in [0.15, 0.2) is 79.4 Å². The van der Waals surface area contributed by atoms with Gasteiger partial charge in [-0.25, -0.2) is 4.79 Å². The largest absolute Gasteiger partial charge is 0.463 e. The fourth-order valence-electron chi connectivity index (χ4n) is 5.23. The van der Waals surface area contributed by atoms with Crippen molar-refractivity contribution in [3.05, 3.63) is 95.5 Å². The molecule has 3 heteroatoms. The van der Waals surface area contributed by atoms with Crippen LogP contribution in [0, 0.1) is 0 Å². The molecule has 0 spiro atoms. The second-order valence-electron chi connectivity index (χ2n) is 10.9. The van der Waals surface area contributed by atoms with Crippen molar-refractivity contribution in [1.82, 2.24) is 0 Å². The number of unbranched alkanes of at least 4 members (excludes halogenated alkanes) is 2. The number of ether oxygens (including phenoxy) is 1. The van der Waals surface area contributed by atoms with Gasteiger partial charge < -0.3 is 4.74 Å². The highest BCUT2D eigenvalue weighted by molar-refractivity contribution is 6.40. The number of hydrogen-bond donors (Lipinski definition) is 0. The van der Waals surface area contributed by atoms with E-state index in [0.29, 0.717) is 6.61 Å². The zero-order valence-corrected chi connectivity index (χ0v) is 22.6. The van der Waals surface area contributed by atoms with Crippen LogP contribution in [0.3, 0.4) is 0 Å². The molecule has 0 heterocycles. The molecule has 0 N–H and O–H groups in total. The summed E-state index contributed by atoms with van der Waals surface area (Å²) in [5.41, 5.74) is 5.09. The first-order chi connectivity index (χ1) is 17.8. The van der Waals surface area contributed by atoms with Gasteiger partial charge in [0.1, 0.15) is 0 Å². The number of benzene rings is 5. The lowest BCUT2D eigenvalue weighted by Gasteiger charge is -2.22. The summed E-state index contributed by atoms with van der Waals surface area (Å²) in [5.74, 6) is -0.350. The number of halogens is 1. The number of esters is 1. The van der Waals surface area contributed by atoms with Gasteiger partial charge in [-0.3, -0.25) is 0 Å². The van der Waals surface area contributed by atoms with Crippen molar-refractivity contribution < 1.29 is 9.53 Å². The molecule has 188 valence electrons. The first-order valence-corrected chi connectivity index (χ1v) is 13.4. The number of rotatable bonds is 8. The van der Waals surface area contributed by atoms with Crippen molar-refractivity contribution in [2.75, 3.05) is 6.61 Å². The first-order valence-electron chi connectivity index (χ1n) is 13.1. The lowest BCUT2D eigenvalue weighted by molar-refractivity contribution is -0.137. The zero-order valence-electron chi connectivity index (χ0n) is 21.9. The number of carbonyl (C=O) groups excluding carboxylic acids is 1. The van der Waals surface area contributed by atoms with E-state index in [2.05, 4.69) is 94.1 Å². The van der Waals surface area contributed by atoms with Crippen LogP contribution in [0.5, 0.6) is 0 Å². The molecular weight excluding hydrogens is 476 g/mol. The molecule has 0 aliphatic rings. The van der Waals surface area contributed by atoms with Crippen LogP contribution in [-0.2, 0) is 21.4 Å². The number of aryl methyl sites for hydroxylation is 1. The van der Waals surface area contributed by atoms with Crippen LogP contribution in [0.1, 0.15) is 51.2 Å². The van der Waals surface area contributed by atoms with E-state index in [9.17, 15) is 4.79 Å². The summed E-state index contributed by atoms with van der Waals surface area (Å²) in [6.07, 6.45) is 5.17. The molecule has 0 aliphatic heterocycles. The highest BCUT2D eigenvalue weighted by Crippen LogP contribution is 2.43. The molecule has 0 fully saturated rings. The zero-order chi connectivity index (χ0) is 26.2. The Labute approximate surface area is 224 Å². The Hall–Kier alpha value is -3.36. The first kappa shape index (κ1) is 25.3. The maximum atomic E-state index is 11.1. The normalized spacial score (nSPS) is 12.0. The van der Waals surface area contributed by atoms with Crippen LogP contribution in [0.4, 0.5) is 0 Å². The van der Waals surface area contributed by atoms with Gasteiger partial charge in [-0.1, -0.05) is 99.6 Å². The Balaban J connectivity index is 1.43. The molecule has 5 aromatic carbocycles. The van der Waals surface area contributed by atoms with E-state index in [1.54, 1.807) is 0 Å². The predicted octanol–water partition coefficient (Wildman–Crippen LogP) is 9.64. The quantitative estimate of drug-likeness (QED) is 0.0902. The molecule has 2 nitrogen and oxygen atoms in total. The third-order valence-electron chi connectivity index (χ3n) is 7.32. The monoisotopic (exact) mass is 508 g/mol. The molecule has 37 heavy (non-hydrogen) atoms. The van der Waals surface area contributed by atoms with E-state index >= 15 is 0 Å². The standard InChI is InChI=1S/C34H33ClO2/c1-5-31(36)37-18-8-6-7-9-22-10-12-23(13-11-22)29-21-30(35)28-17-15-25-20-26(34(2,3)4)19-24-14-16-27(29)33(28)32(24)25/h5,10-17,19-21H,1,6-9,18H2,2-4H3. The SMILES string of the molecule is C=CC(=O)OCCCCCc1ccc(-c2cc(Cl)c3ccc4cc(C(C)(C)C)cc5ccc2c3c45)cc1. The Morgan fingerprint density at radius 3 is 2.19 bits per heavy atom. The summed E-state index contributed by atoms with van der Waals surface area (Å²) in [6, 6.07) is 24.5. The molecule has 0 saturated carbocycles. The Bertz CT molecular complexity index is 1570. The van der Waals surface area contributed by atoms with Gasteiger partial charge in [-0.15, -0.1) is 0 Å². The summed E-state index contributed by atoms with van der Waals surface area (Å²) >= 11 is 6.87. The molecule has 0 radical (unpaired) electrons. The Morgan fingerprint density at radius 2 is 1.54 bits per heavy atom. The topological polar surface area (TPSA) is 26.3 Å². The van der Waals surface area contributed by atoms with Gasteiger partial charge in [0, 0.05) is 16.5 Å². The van der Waals surface area contributed by atoms with Gasteiger partial charge in [0.2, 0.25) is 0 Å². The highest BCUT2D eigenvalue weighted by atomic mass is 35.5. The van der Waals surface area contributed by atoms with E-state index in [-0.39, 0.29) is 11.4 Å². The summed E-state index contributed by atoms with van der Waals surface area (Å²) in [7, 11) is 0. The van der Waals surface area contributed by atoms with Gasteiger partial charge in [0.25, 0.3) is 0 Å². The van der Waals surface area contributed by atoms with Gasteiger partial charge in [0.05, 0.1) is 6.61 Å². The van der Waals surface area contributed by atoms with Crippen LogP contribution in [0.25, 0.3) is 43.4 Å². The molecule has 5 aromatic rings. The van der Waals surface area contributed by atoms with E-state index in [4.69, 9.17) is 16.3 Å². The summed E-state index contributed by atoms with van der Waals surface area (Å²) in [5, 5.41) is 8.21. The van der Waals surface area contributed by atoms with E-state index in [1.807, 2.05) is 0 Å². The van der Waals surface area contributed by atoms with Crippen molar-refractivity contribution in [2.45, 2.75) is 51.9 Å². The van der Waals surface area contributed by atoms with Crippen LogP contribution in [-0.4, -0.2) is 12.6 Å². The summed E-state index contributed by atoms with van der Waals surface area (Å²) in [4.78, 5) is 11.1. The molecule has 0 aliphatic carbocycles. The third kappa shape index (κ3) is 5.08. The average molecular weight is 509 g/mol. The average Bonchev–Trinajstić information content (AvgIpc) is 2.89. The van der Waals surface area contributed by atoms with Crippen LogP contribution in [0.2, 0.25) is 5.02 Å². The Morgan fingerprint density at radius 1 is 0.865 bits per heavy atom. The third-order valence-corrected chi connectivity index (χ3v) is 7.63. The Kier molecular flexibility index (Phi) is 6.96. The van der Waals surface area contributed by atoms with Gasteiger partial charge in [0.15, 0.2) is 0 Å². The van der Waals surface area contributed by atoms with E-state index in [1.165, 1.54) is 55.3 Å². The van der Waals surface area contributed by atoms with Crippen molar-refractivity contribution in [1.29, 1.82) is 0 Å². The smallest absolute Gasteiger partial charge is 0.330 e. The molecule has 5 rings (SSSR count). The lowest BCUT2D eigenvalue weighted by Crippen LogP contribution is -2.10. The maximum absolute atomic E-state index is 11.1. The molecule has 0 amide bonds. The van der Waals surface area contributed by atoms with Crippen LogP contribution < -0.4 is 0 Å². The fraction of sp³-hybridized carbons (Fsp3) is 0.265. The lowest BCUT2D eigenvalue weighted by atomic mass is 9.82. The van der Waals surface area contributed by atoms with Gasteiger partial charge in [-0.05, 0) is 86.3 Å². The van der Waals surface area contributed by atoms with Gasteiger partial charge in [-0.2, -0.15) is 0 Å². The second kappa shape index (κ2) is 10.2. The molecule has 0 aromatic heterocycles. The summed E-state index contributed by atoms with van der Waals surface area (Å²) < 4.78 is 5.05. The minimum atomic E-state index is -0.350. The molecular formula is C34H33ClO2. The minimum Gasteiger partial charge on any atom is -0.463 e. The van der Waals surface area contributed by atoms with E-state index < -0.39 is 0 Å². The van der Waals surface area contributed by atoms with Crippen molar-refractivity contribution >= 4 is 49.9 Å². The minimum absolute atomic E-state index is 0.0906. The predicted molar refractivity (Wildman–Crippen MR) is 158 cm³/mol. The van der Waals surface area contributed by atoms with Crippen molar-refractivity contribution in [3.8, 4) is 11.1 Å².